The third-order valence-electron chi connectivity index (χ3n) is 2.83. The van der Waals surface area contributed by atoms with Crippen LogP contribution in [-0.4, -0.2) is 27.8 Å². The van der Waals surface area contributed by atoms with E-state index in [1.54, 1.807) is 0 Å². The summed E-state index contributed by atoms with van der Waals surface area (Å²) in [7, 11) is -0.551. The van der Waals surface area contributed by atoms with Gasteiger partial charge >= 0.3 is 0 Å². The monoisotopic (exact) mass is 187 g/mol. The quantitative estimate of drug-likeness (QED) is 0.660. The van der Waals surface area contributed by atoms with Crippen molar-refractivity contribution in [3.8, 4) is 0 Å². The molecule has 2 nitrogen and oxygen atoms in total. The molecule has 0 spiro atoms. The van der Waals surface area contributed by atoms with Crippen LogP contribution in [0.25, 0.3) is 0 Å². The van der Waals surface area contributed by atoms with Crippen LogP contribution in [0.5, 0.6) is 0 Å². The predicted octanol–water partition coefficient (Wildman–Crippen LogP) is 0.895. The first-order valence-corrected chi connectivity index (χ1v) is 6.35. The van der Waals surface area contributed by atoms with E-state index in [0.717, 1.165) is 23.8 Å². The highest BCUT2D eigenvalue weighted by molar-refractivity contribution is 7.85. The van der Waals surface area contributed by atoms with Crippen LogP contribution in [0.2, 0.25) is 0 Å². The van der Waals surface area contributed by atoms with Crippen LogP contribution in [0.3, 0.4) is 0 Å². The highest BCUT2D eigenvalue weighted by atomic mass is 32.2. The summed E-state index contributed by atoms with van der Waals surface area (Å²) in [5, 5.41) is 3.58. The summed E-state index contributed by atoms with van der Waals surface area (Å²) in [5.41, 5.74) is 0. The van der Waals surface area contributed by atoms with Gasteiger partial charge in [-0.25, -0.2) is 0 Å². The minimum absolute atomic E-state index is 0.551. The topological polar surface area (TPSA) is 29.1 Å². The first-order valence-electron chi connectivity index (χ1n) is 4.87. The van der Waals surface area contributed by atoms with E-state index >= 15 is 0 Å². The summed E-state index contributed by atoms with van der Waals surface area (Å²) >= 11 is 0. The van der Waals surface area contributed by atoms with Crippen molar-refractivity contribution in [2.24, 2.45) is 5.92 Å². The van der Waals surface area contributed by atoms with Crippen molar-refractivity contribution >= 4 is 10.8 Å². The summed E-state index contributed by atoms with van der Waals surface area (Å²) < 4.78 is 11.4. The molecule has 3 unspecified atom stereocenters. The molecule has 2 rings (SSSR count). The molecule has 3 heteroatoms. The summed E-state index contributed by atoms with van der Waals surface area (Å²) in [6.07, 6.45) is 3.78. The Balaban J connectivity index is 1.96. The van der Waals surface area contributed by atoms with Gasteiger partial charge in [0.05, 0.1) is 0 Å². The fourth-order valence-electron chi connectivity index (χ4n) is 1.86. The largest absolute Gasteiger partial charge is 0.310 e. The van der Waals surface area contributed by atoms with Crippen LogP contribution in [0, 0.1) is 5.92 Å². The van der Waals surface area contributed by atoms with Crippen LogP contribution < -0.4 is 5.32 Å². The number of hydrogen-bond acceptors (Lipinski definition) is 2. The van der Waals surface area contributed by atoms with Crippen LogP contribution in [0.15, 0.2) is 0 Å². The van der Waals surface area contributed by atoms with E-state index in [4.69, 9.17) is 0 Å². The molecule has 2 aliphatic rings. The van der Waals surface area contributed by atoms with E-state index in [-0.39, 0.29) is 0 Å². The fraction of sp³-hybridized carbons (Fsp3) is 1.00. The zero-order chi connectivity index (χ0) is 8.55. The van der Waals surface area contributed by atoms with Crippen molar-refractivity contribution in [3.05, 3.63) is 0 Å². The van der Waals surface area contributed by atoms with Gasteiger partial charge in [0.15, 0.2) is 0 Å². The molecule has 1 aliphatic carbocycles. The normalized spacial score (nSPS) is 43.9. The predicted molar refractivity (Wildman–Crippen MR) is 51.6 cm³/mol. The van der Waals surface area contributed by atoms with Gasteiger partial charge in [-0.1, -0.05) is 0 Å². The SMILES string of the molecule is CC1CCS(=O)CC(C2CC2)N1. The molecule has 12 heavy (non-hydrogen) atoms. The molecule has 0 bridgehead atoms. The van der Waals surface area contributed by atoms with Gasteiger partial charge in [-0.15, -0.1) is 0 Å². The third kappa shape index (κ3) is 2.07. The fourth-order valence-corrected chi connectivity index (χ4v) is 3.41. The molecule has 2 fully saturated rings. The molecule has 0 aromatic carbocycles. The van der Waals surface area contributed by atoms with Crippen molar-refractivity contribution < 1.29 is 4.21 Å². The van der Waals surface area contributed by atoms with Gasteiger partial charge in [0.1, 0.15) is 0 Å². The van der Waals surface area contributed by atoms with Crippen molar-refractivity contribution in [1.82, 2.24) is 5.32 Å². The van der Waals surface area contributed by atoms with Gasteiger partial charge in [-0.05, 0) is 32.1 Å². The number of nitrogens with one attached hydrogen (secondary N) is 1. The van der Waals surface area contributed by atoms with Crippen LogP contribution in [0.1, 0.15) is 26.2 Å². The lowest BCUT2D eigenvalue weighted by Gasteiger charge is -2.17. The van der Waals surface area contributed by atoms with E-state index in [1.165, 1.54) is 12.8 Å². The van der Waals surface area contributed by atoms with Crippen molar-refractivity contribution in [1.29, 1.82) is 0 Å². The average molecular weight is 187 g/mol. The van der Waals surface area contributed by atoms with Gasteiger partial charge in [0.2, 0.25) is 0 Å². The van der Waals surface area contributed by atoms with Crippen LogP contribution in [-0.2, 0) is 10.8 Å². The molecular formula is C9H17NOS. The molecule has 0 amide bonds. The third-order valence-corrected chi connectivity index (χ3v) is 4.26. The van der Waals surface area contributed by atoms with Gasteiger partial charge < -0.3 is 5.32 Å². The Morgan fingerprint density at radius 3 is 2.75 bits per heavy atom. The van der Waals surface area contributed by atoms with Crippen molar-refractivity contribution in [2.45, 2.75) is 38.3 Å². The Labute approximate surface area is 76.6 Å². The Kier molecular flexibility index (Phi) is 2.51. The van der Waals surface area contributed by atoms with Gasteiger partial charge in [0.25, 0.3) is 0 Å². The Morgan fingerprint density at radius 1 is 1.33 bits per heavy atom. The second-order valence-electron chi connectivity index (χ2n) is 4.11. The van der Waals surface area contributed by atoms with Crippen molar-refractivity contribution in [2.75, 3.05) is 11.5 Å². The number of rotatable bonds is 1. The number of hydrogen-bond donors (Lipinski definition) is 1. The van der Waals surface area contributed by atoms with Gasteiger partial charge in [-0.2, -0.15) is 0 Å². The van der Waals surface area contributed by atoms with Crippen LogP contribution >= 0.6 is 0 Å². The lowest BCUT2D eigenvalue weighted by molar-refractivity contribution is 0.438. The molecule has 1 saturated heterocycles. The second-order valence-corrected chi connectivity index (χ2v) is 5.73. The molecule has 0 aromatic rings. The average Bonchev–Trinajstić information content (AvgIpc) is 2.79. The Bertz CT molecular complexity index is 191. The maximum atomic E-state index is 11.4. The molecule has 1 heterocycles. The standard InChI is InChI=1S/C9H17NOS/c1-7-4-5-12(11)6-9(10-7)8-2-3-8/h7-10H,2-6H2,1H3. The Hall–Kier alpha value is 0.110. The molecular weight excluding hydrogens is 170 g/mol. The summed E-state index contributed by atoms with van der Waals surface area (Å²) in [6, 6.07) is 1.13. The summed E-state index contributed by atoms with van der Waals surface area (Å²) in [4.78, 5) is 0. The maximum absolute atomic E-state index is 11.4. The minimum Gasteiger partial charge on any atom is -0.310 e. The smallest absolute Gasteiger partial charge is 0.0391 e. The molecule has 3 atom stereocenters. The highest BCUT2D eigenvalue weighted by Gasteiger charge is 2.34. The molecule has 0 radical (unpaired) electrons. The summed E-state index contributed by atoms with van der Waals surface area (Å²) in [6.45, 7) is 2.21. The molecule has 0 aromatic heterocycles. The first-order chi connectivity index (χ1) is 5.75. The Morgan fingerprint density at radius 2 is 2.08 bits per heavy atom. The molecule has 70 valence electrons. The first kappa shape index (κ1) is 8.70. The minimum atomic E-state index is -0.551. The van der Waals surface area contributed by atoms with Gasteiger partial charge in [-0.3, -0.25) is 4.21 Å². The lowest BCUT2D eigenvalue weighted by Crippen LogP contribution is -2.38. The molecule has 1 saturated carbocycles. The van der Waals surface area contributed by atoms with E-state index in [0.29, 0.717) is 12.1 Å². The van der Waals surface area contributed by atoms with Gasteiger partial charge in [0, 0.05) is 34.4 Å². The maximum Gasteiger partial charge on any atom is 0.0391 e. The van der Waals surface area contributed by atoms with E-state index in [9.17, 15) is 4.21 Å². The van der Waals surface area contributed by atoms with Crippen LogP contribution in [0.4, 0.5) is 0 Å². The van der Waals surface area contributed by atoms with E-state index in [1.807, 2.05) is 0 Å². The van der Waals surface area contributed by atoms with E-state index < -0.39 is 10.8 Å². The summed E-state index contributed by atoms with van der Waals surface area (Å²) in [5.74, 6) is 2.64. The lowest BCUT2D eigenvalue weighted by atomic mass is 10.1. The van der Waals surface area contributed by atoms with E-state index in [2.05, 4.69) is 12.2 Å². The zero-order valence-corrected chi connectivity index (χ0v) is 8.40. The molecule has 1 N–H and O–H groups in total. The zero-order valence-electron chi connectivity index (χ0n) is 7.58. The van der Waals surface area contributed by atoms with Crippen molar-refractivity contribution in [3.63, 3.8) is 0 Å². The highest BCUT2D eigenvalue weighted by Crippen LogP contribution is 2.33. The molecule has 1 aliphatic heterocycles. The second kappa shape index (κ2) is 3.46.